The van der Waals surface area contributed by atoms with Crippen molar-refractivity contribution >= 4 is 5.82 Å². The Labute approximate surface area is 101 Å². The van der Waals surface area contributed by atoms with Crippen LogP contribution in [0, 0.1) is 11.3 Å². The molecule has 0 bridgehead atoms. The van der Waals surface area contributed by atoms with Crippen molar-refractivity contribution < 1.29 is 0 Å². The first-order valence-electron chi connectivity index (χ1n) is 5.41. The molecular weight excluding hydrogens is 210 g/mol. The lowest BCUT2D eigenvalue weighted by Gasteiger charge is -2.18. The van der Waals surface area contributed by atoms with Crippen LogP contribution >= 0.6 is 0 Å². The molecule has 0 aliphatic carbocycles. The average molecular weight is 223 g/mol. The minimum Gasteiger partial charge on any atom is -0.355 e. The van der Waals surface area contributed by atoms with Gasteiger partial charge in [-0.15, -0.1) is 0 Å². The molecule has 84 valence electrons. The Kier molecular flexibility index (Phi) is 3.37. The van der Waals surface area contributed by atoms with Crippen LogP contribution in [0.5, 0.6) is 0 Å². The van der Waals surface area contributed by atoms with Crippen molar-refractivity contribution in [2.24, 2.45) is 0 Å². The van der Waals surface area contributed by atoms with Crippen LogP contribution in [-0.4, -0.2) is 12.0 Å². The zero-order valence-electron chi connectivity index (χ0n) is 9.67. The second kappa shape index (κ2) is 5.13. The number of anilines is 1. The molecule has 1 aromatic heterocycles. The quantitative estimate of drug-likeness (QED) is 0.803. The van der Waals surface area contributed by atoms with Crippen molar-refractivity contribution in [3.05, 3.63) is 59.8 Å². The molecule has 0 aliphatic heterocycles. The number of aromatic nitrogens is 1. The van der Waals surface area contributed by atoms with E-state index in [2.05, 4.69) is 23.2 Å². The molecule has 0 spiro atoms. The normalized spacial score (nSPS) is 9.65. The molecule has 0 saturated carbocycles. The number of rotatable bonds is 3. The van der Waals surface area contributed by atoms with Crippen LogP contribution in [0.1, 0.15) is 11.1 Å². The van der Waals surface area contributed by atoms with Gasteiger partial charge < -0.3 is 4.90 Å². The van der Waals surface area contributed by atoms with Crippen LogP contribution in [0.3, 0.4) is 0 Å². The monoisotopic (exact) mass is 223 g/mol. The summed E-state index contributed by atoms with van der Waals surface area (Å²) in [5.74, 6) is 0.813. The van der Waals surface area contributed by atoms with Gasteiger partial charge in [-0.1, -0.05) is 30.3 Å². The van der Waals surface area contributed by atoms with Crippen molar-refractivity contribution in [3.8, 4) is 6.07 Å². The topological polar surface area (TPSA) is 39.9 Å². The fourth-order valence-corrected chi connectivity index (χ4v) is 1.63. The molecule has 3 nitrogen and oxygen atoms in total. The zero-order valence-corrected chi connectivity index (χ0v) is 9.67. The average Bonchev–Trinajstić information content (AvgIpc) is 2.40. The molecule has 0 N–H and O–H groups in total. The standard InChI is InChI=1S/C14H13N3/c1-17(11-12-5-3-2-4-6-12)14-9-13(10-15)7-8-16-14/h2-9H,11H2,1H3. The van der Waals surface area contributed by atoms with E-state index in [1.807, 2.05) is 30.1 Å². The predicted molar refractivity (Wildman–Crippen MR) is 67.5 cm³/mol. The number of hydrogen-bond donors (Lipinski definition) is 0. The highest BCUT2D eigenvalue weighted by atomic mass is 15.2. The van der Waals surface area contributed by atoms with E-state index in [4.69, 9.17) is 5.26 Å². The number of nitriles is 1. The van der Waals surface area contributed by atoms with E-state index in [0.29, 0.717) is 5.56 Å². The molecular formula is C14H13N3. The van der Waals surface area contributed by atoms with Crippen molar-refractivity contribution in [2.75, 3.05) is 11.9 Å². The van der Waals surface area contributed by atoms with Gasteiger partial charge in [-0.25, -0.2) is 4.98 Å². The van der Waals surface area contributed by atoms with Gasteiger partial charge in [0.15, 0.2) is 0 Å². The minimum atomic E-state index is 0.634. The van der Waals surface area contributed by atoms with Crippen LogP contribution in [0.15, 0.2) is 48.7 Å². The Morgan fingerprint density at radius 1 is 1.24 bits per heavy atom. The Morgan fingerprint density at radius 2 is 2.00 bits per heavy atom. The van der Waals surface area contributed by atoms with E-state index in [1.165, 1.54) is 5.56 Å². The van der Waals surface area contributed by atoms with E-state index in [1.54, 1.807) is 18.3 Å². The van der Waals surface area contributed by atoms with Gasteiger partial charge in [0.1, 0.15) is 5.82 Å². The van der Waals surface area contributed by atoms with E-state index in [-0.39, 0.29) is 0 Å². The Balaban J connectivity index is 2.15. The second-order valence-corrected chi connectivity index (χ2v) is 3.86. The van der Waals surface area contributed by atoms with Crippen molar-refractivity contribution in [1.29, 1.82) is 5.26 Å². The first-order chi connectivity index (χ1) is 8.29. The Hall–Kier alpha value is -2.34. The van der Waals surface area contributed by atoms with Gasteiger partial charge in [0.2, 0.25) is 0 Å². The third kappa shape index (κ3) is 2.82. The summed E-state index contributed by atoms with van der Waals surface area (Å²) in [7, 11) is 1.97. The maximum absolute atomic E-state index is 8.84. The summed E-state index contributed by atoms with van der Waals surface area (Å²) in [6, 6.07) is 15.8. The molecule has 0 fully saturated rings. The molecule has 0 amide bonds. The van der Waals surface area contributed by atoms with Crippen LogP contribution < -0.4 is 4.90 Å². The van der Waals surface area contributed by atoms with E-state index < -0.39 is 0 Å². The molecule has 2 aromatic rings. The highest BCUT2D eigenvalue weighted by molar-refractivity contribution is 5.44. The number of benzene rings is 1. The maximum atomic E-state index is 8.84. The van der Waals surface area contributed by atoms with Gasteiger partial charge in [0.25, 0.3) is 0 Å². The van der Waals surface area contributed by atoms with Crippen LogP contribution in [0.25, 0.3) is 0 Å². The summed E-state index contributed by atoms with van der Waals surface area (Å²) in [5.41, 5.74) is 1.86. The van der Waals surface area contributed by atoms with E-state index in [9.17, 15) is 0 Å². The molecule has 1 aromatic carbocycles. The first-order valence-corrected chi connectivity index (χ1v) is 5.41. The van der Waals surface area contributed by atoms with Crippen LogP contribution in [-0.2, 0) is 6.54 Å². The van der Waals surface area contributed by atoms with Gasteiger partial charge >= 0.3 is 0 Å². The molecule has 17 heavy (non-hydrogen) atoms. The van der Waals surface area contributed by atoms with Gasteiger partial charge in [0, 0.05) is 19.8 Å². The van der Waals surface area contributed by atoms with Gasteiger partial charge in [-0.2, -0.15) is 5.26 Å². The highest BCUT2D eigenvalue weighted by Crippen LogP contribution is 2.13. The molecule has 0 saturated heterocycles. The smallest absolute Gasteiger partial charge is 0.129 e. The Bertz CT molecular complexity index is 529. The van der Waals surface area contributed by atoms with Crippen LogP contribution in [0.4, 0.5) is 5.82 Å². The van der Waals surface area contributed by atoms with Crippen molar-refractivity contribution in [3.63, 3.8) is 0 Å². The number of pyridine rings is 1. The highest BCUT2D eigenvalue weighted by Gasteiger charge is 2.03. The second-order valence-electron chi connectivity index (χ2n) is 3.86. The summed E-state index contributed by atoms with van der Waals surface area (Å²) in [6.45, 7) is 0.780. The maximum Gasteiger partial charge on any atom is 0.129 e. The lowest BCUT2D eigenvalue weighted by molar-refractivity contribution is 0.897. The largest absolute Gasteiger partial charge is 0.355 e. The molecule has 3 heteroatoms. The van der Waals surface area contributed by atoms with Crippen LogP contribution in [0.2, 0.25) is 0 Å². The third-order valence-corrected chi connectivity index (χ3v) is 2.53. The van der Waals surface area contributed by atoms with Crippen molar-refractivity contribution in [2.45, 2.75) is 6.54 Å². The number of nitrogens with zero attached hydrogens (tertiary/aromatic N) is 3. The molecule has 2 rings (SSSR count). The third-order valence-electron chi connectivity index (χ3n) is 2.53. The fraction of sp³-hybridized carbons (Fsp3) is 0.143. The fourth-order valence-electron chi connectivity index (χ4n) is 1.63. The minimum absolute atomic E-state index is 0.634. The van der Waals surface area contributed by atoms with E-state index >= 15 is 0 Å². The molecule has 0 aliphatic rings. The number of hydrogen-bond acceptors (Lipinski definition) is 3. The summed E-state index contributed by atoms with van der Waals surface area (Å²) in [5, 5.41) is 8.84. The predicted octanol–water partition coefficient (Wildman–Crippen LogP) is 2.59. The summed E-state index contributed by atoms with van der Waals surface area (Å²) in [4.78, 5) is 6.28. The molecule has 0 unspecified atom stereocenters. The molecule has 0 atom stereocenters. The summed E-state index contributed by atoms with van der Waals surface area (Å²) in [6.07, 6.45) is 1.66. The van der Waals surface area contributed by atoms with Gasteiger partial charge in [0.05, 0.1) is 11.6 Å². The van der Waals surface area contributed by atoms with Crippen molar-refractivity contribution in [1.82, 2.24) is 4.98 Å². The Morgan fingerprint density at radius 3 is 2.71 bits per heavy atom. The molecule has 0 radical (unpaired) electrons. The summed E-state index contributed by atoms with van der Waals surface area (Å²) < 4.78 is 0. The first kappa shape index (κ1) is 11.2. The lowest BCUT2D eigenvalue weighted by Crippen LogP contribution is -2.17. The summed E-state index contributed by atoms with van der Waals surface area (Å²) >= 11 is 0. The van der Waals surface area contributed by atoms with Gasteiger partial charge in [-0.05, 0) is 17.7 Å². The zero-order chi connectivity index (χ0) is 12.1. The SMILES string of the molecule is CN(Cc1ccccc1)c1cc(C#N)ccn1. The van der Waals surface area contributed by atoms with Gasteiger partial charge in [-0.3, -0.25) is 0 Å². The lowest BCUT2D eigenvalue weighted by atomic mass is 10.2. The molecule has 1 heterocycles. The van der Waals surface area contributed by atoms with E-state index in [0.717, 1.165) is 12.4 Å².